The first kappa shape index (κ1) is 18.5. The number of nitrogens with one attached hydrogen (secondary N) is 2. The highest BCUT2D eigenvalue weighted by molar-refractivity contribution is 5.89. The fraction of sp³-hybridized carbons (Fsp3) is 0.526. The first-order valence-corrected chi connectivity index (χ1v) is 8.82. The normalized spacial score (nSPS) is 19.5. The molecule has 0 spiro atoms. The number of benzene rings is 1. The van der Waals surface area contributed by atoms with Gasteiger partial charge in [-0.1, -0.05) is 30.7 Å². The van der Waals surface area contributed by atoms with Gasteiger partial charge in [0.05, 0.1) is 6.10 Å². The lowest BCUT2D eigenvalue weighted by atomic mass is 10.0. The monoisotopic (exact) mass is 331 g/mol. The van der Waals surface area contributed by atoms with E-state index in [9.17, 15) is 9.90 Å². The number of anilines is 1. The molecule has 2 amide bonds. The standard InChI is InChI=1S/C19H29N3O2/c1-2-3-12-18(23)15-22-13-8-7-11-17(22)14-20-19(24)21-16-9-5-4-6-10-16/h2,4-6,9-10,17-18,23H,1,3,7-8,11-15H2,(H2,20,21,24). The summed E-state index contributed by atoms with van der Waals surface area (Å²) in [4.78, 5) is 14.3. The molecule has 2 rings (SSSR count). The van der Waals surface area contributed by atoms with E-state index in [1.54, 1.807) is 0 Å². The molecular weight excluding hydrogens is 302 g/mol. The van der Waals surface area contributed by atoms with E-state index in [4.69, 9.17) is 0 Å². The number of rotatable bonds is 8. The largest absolute Gasteiger partial charge is 0.392 e. The number of carbonyl (C=O) groups excluding carboxylic acids is 1. The van der Waals surface area contributed by atoms with Gasteiger partial charge in [-0.15, -0.1) is 6.58 Å². The minimum absolute atomic E-state index is 0.182. The van der Waals surface area contributed by atoms with Crippen molar-refractivity contribution in [2.24, 2.45) is 0 Å². The first-order chi connectivity index (χ1) is 11.7. The molecule has 24 heavy (non-hydrogen) atoms. The highest BCUT2D eigenvalue weighted by atomic mass is 16.3. The van der Waals surface area contributed by atoms with Gasteiger partial charge in [0.1, 0.15) is 0 Å². The summed E-state index contributed by atoms with van der Waals surface area (Å²) in [5.74, 6) is 0. The molecule has 0 aliphatic carbocycles. The Morgan fingerprint density at radius 3 is 2.92 bits per heavy atom. The van der Waals surface area contributed by atoms with Gasteiger partial charge in [-0.2, -0.15) is 0 Å². The minimum Gasteiger partial charge on any atom is -0.392 e. The second kappa shape index (κ2) is 10.1. The fourth-order valence-electron chi connectivity index (χ4n) is 3.11. The zero-order valence-corrected chi connectivity index (χ0v) is 14.3. The quantitative estimate of drug-likeness (QED) is 0.642. The molecule has 2 unspecified atom stereocenters. The number of amides is 2. The lowest BCUT2D eigenvalue weighted by molar-refractivity contribution is 0.0642. The fourth-order valence-corrected chi connectivity index (χ4v) is 3.11. The molecule has 1 aromatic rings. The van der Waals surface area contributed by atoms with Gasteiger partial charge in [-0.25, -0.2) is 4.79 Å². The number of β-amino-alcohol motifs (C(OH)–C–C–N with tert-alkyl or cyclic N) is 1. The molecule has 0 bridgehead atoms. The molecule has 0 aromatic heterocycles. The maximum atomic E-state index is 12.0. The summed E-state index contributed by atoms with van der Waals surface area (Å²) < 4.78 is 0. The van der Waals surface area contributed by atoms with Crippen LogP contribution in [0.2, 0.25) is 0 Å². The van der Waals surface area contributed by atoms with Gasteiger partial charge in [-0.05, 0) is 44.4 Å². The van der Waals surface area contributed by atoms with Crippen molar-refractivity contribution >= 4 is 11.7 Å². The van der Waals surface area contributed by atoms with Crippen molar-refractivity contribution in [3.8, 4) is 0 Å². The van der Waals surface area contributed by atoms with E-state index >= 15 is 0 Å². The second-order valence-electron chi connectivity index (χ2n) is 6.37. The zero-order valence-electron chi connectivity index (χ0n) is 14.3. The van der Waals surface area contributed by atoms with Crippen molar-refractivity contribution in [2.45, 2.75) is 44.2 Å². The molecule has 1 aromatic carbocycles. The van der Waals surface area contributed by atoms with Crippen LogP contribution in [0, 0.1) is 0 Å². The van der Waals surface area contributed by atoms with Crippen LogP contribution in [0.1, 0.15) is 32.1 Å². The summed E-state index contributed by atoms with van der Waals surface area (Å²) in [5.41, 5.74) is 0.787. The van der Waals surface area contributed by atoms with Gasteiger partial charge in [0.15, 0.2) is 0 Å². The van der Waals surface area contributed by atoms with Gasteiger partial charge in [-0.3, -0.25) is 4.90 Å². The van der Waals surface area contributed by atoms with Crippen molar-refractivity contribution in [3.05, 3.63) is 43.0 Å². The Bertz CT molecular complexity index is 507. The van der Waals surface area contributed by atoms with Gasteiger partial charge in [0, 0.05) is 24.8 Å². The summed E-state index contributed by atoms with van der Waals surface area (Å²) in [6.45, 7) is 5.95. The van der Waals surface area contributed by atoms with Gasteiger partial charge in [0.25, 0.3) is 0 Å². The van der Waals surface area contributed by atoms with Crippen LogP contribution in [-0.4, -0.2) is 47.8 Å². The lowest BCUT2D eigenvalue weighted by Crippen LogP contribution is -2.49. The summed E-state index contributed by atoms with van der Waals surface area (Å²) in [5, 5.41) is 15.9. The number of piperidine rings is 1. The molecule has 0 saturated carbocycles. The third-order valence-electron chi connectivity index (χ3n) is 4.43. The third kappa shape index (κ3) is 6.34. The highest BCUT2D eigenvalue weighted by Crippen LogP contribution is 2.17. The van der Waals surface area contributed by atoms with E-state index in [1.807, 2.05) is 36.4 Å². The van der Waals surface area contributed by atoms with E-state index < -0.39 is 0 Å². The van der Waals surface area contributed by atoms with Crippen molar-refractivity contribution in [1.29, 1.82) is 0 Å². The van der Waals surface area contributed by atoms with E-state index in [-0.39, 0.29) is 12.1 Å². The Labute approximate surface area is 144 Å². The van der Waals surface area contributed by atoms with Crippen LogP contribution in [-0.2, 0) is 0 Å². The van der Waals surface area contributed by atoms with E-state index in [2.05, 4.69) is 22.1 Å². The lowest BCUT2D eigenvalue weighted by Gasteiger charge is -2.37. The van der Waals surface area contributed by atoms with Gasteiger partial charge < -0.3 is 15.7 Å². The molecule has 3 N–H and O–H groups in total. The topological polar surface area (TPSA) is 64.6 Å². The predicted molar refractivity (Wildman–Crippen MR) is 98.1 cm³/mol. The van der Waals surface area contributed by atoms with Crippen LogP contribution in [0.5, 0.6) is 0 Å². The molecule has 0 radical (unpaired) electrons. The van der Waals surface area contributed by atoms with Crippen molar-refractivity contribution < 1.29 is 9.90 Å². The number of aliphatic hydroxyl groups excluding tert-OH is 1. The molecule has 1 fully saturated rings. The van der Waals surface area contributed by atoms with Gasteiger partial charge in [0.2, 0.25) is 0 Å². The summed E-state index contributed by atoms with van der Waals surface area (Å²) in [6, 6.07) is 9.54. The molecule has 132 valence electrons. The molecule has 5 nitrogen and oxygen atoms in total. The van der Waals surface area contributed by atoms with Crippen LogP contribution in [0.4, 0.5) is 10.5 Å². The third-order valence-corrected chi connectivity index (χ3v) is 4.43. The van der Waals surface area contributed by atoms with Crippen molar-refractivity contribution in [3.63, 3.8) is 0 Å². The van der Waals surface area contributed by atoms with Crippen LogP contribution in [0.15, 0.2) is 43.0 Å². The predicted octanol–water partition coefficient (Wildman–Crippen LogP) is 2.99. The molecule has 1 heterocycles. The maximum absolute atomic E-state index is 12.0. The number of para-hydroxylation sites is 1. The Hall–Kier alpha value is -1.85. The van der Waals surface area contributed by atoms with E-state index in [0.717, 1.165) is 37.9 Å². The smallest absolute Gasteiger partial charge is 0.319 e. The molecule has 1 aliphatic rings. The summed E-state index contributed by atoms with van der Waals surface area (Å²) >= 11 is 0. The molecular formula is C19H29N3O2. The van der Waals surface area contributed by atoms with Crippen LogP contribution in [0.25, 0.3) is 0 Å². The van der Waals surface area contributed by atoms with Gasteiger partial charge >= 0.3 is 6.03 Å². The Balaban J connectivity index is 1.77. The number of urea groups is 1. The number of likely N-dealkylation sites (tertiary alicyclic amines) is 1. The number of nitrogens with zero attached hydrogens (tertiary/aromatic N) is 1. The van der Waals surface area contributed by atoms with Crippen LogP contribution in [0.3, 0.4) is 0 Å². The SMILES string of the molecule is C=CCCC(O)CN1CCCCC1CNC(=O)Nc1ccccc1. The summed E-state index contributed by atoms with van der Waals surface area (Å²) in [7, 11) is 0. The zero-order chi connectivity index (χ0) is 17.2. The molecule has 1 aliphatic heterocycles. The summed E-state index contributed by atoms with van der Waals surface area (Å²) in [6.07, 6.45) is 6.46. The molecule has 2 atom stereocenters. The molecule has 5 heteroatoms. The maximum Gasteiger partial charge on any atom is 0.319 e. The number of aliphatic hydroxyl groups is 1. The number of hydrogen-bond donors (Lipinski definition) is 3. The van der Waals surface area contributed by atoms with Crippen molar-refractivity contribution in [2.75, 3.05) is 25.0 Å². The first-order valence-electron chi connectivity index (χ1n) is 8.82. The van der Waals surface area contributed by atoms with E-state index in [0.29, 0.717) is 19.1 Å². The second-order valence-corrected chi connectivity index (χ2v) is 6.37. The van der Waals surface area contributed by atoms with Crippen LogP contribution < -0.4 is 10.6 Å². The number of carbonyl (C=O) groups is 1. The Morgan fingerprint density at radius 2 is 2.17 bits per heavy atom. The molecule has 1 saturated heterocycles. The average Bonchev–Trinajstić information content (AvgIpc) is 2.60. The van der Waals surface area contributed by atoms with E-state index in [1.165, 1.54) is 6.42 Å². The number of hydrogen-bond acceptors (Lipinski definition) is 3. The Kier molecular flexibility index (Phi) is 7.79. The minimum atomic E-state index is -0.332. The number of allylic oxidation sites excluding steroid dienone is 1. The Morgan fingerprint density at radius 1 is 1.38 bits per heavy atom. The van der Waals surface area contributed by atoms with Crippen LogP contribution >= 0.6 is 0 Å². The van der Waals surface area contributed by atoms with Crippen molar-refractivity contribution in [1.82, 2.24) is 10.2 Å². The highest BCUT2D eigenvalue weighted by Gasteiger charge is 2.24. The average molecular weight is 331 g/mol.